The van der Waals surface area contributed by atoms with Gasteiger partial charge in [0.2, 0.25) is 5.95 Å². The number of piperidine rings is 1. The third-order valence-electron chi connectivity index (χ3n) is 8.66. The topological polar surface area (TPSA) is 75.1 Å². The van der Waals surface area contributed by atoms with E-state index in [1.807, 2.05) is 31.2 Å². The van der Waals surface area contributed by atoms with Crippen molar-refractivity contribution < 1.29 is 13.2 Å². The van der Waals surface area contributed by atoms with Gasteiger partial charge in [-0.1, -0.05) is 35.9 Å². The van der Waals surface area contributed by atoms with Crippen LogP contribution in [0.15, 0.2) is 59.5 Å². The summed E-state index contributed by atoms with van der Waals surface area (Å²) in [6.07, 6.45) is 0.873. The molecular formula is C33H37F3N6O. The number of anilines is 2. The van der Waals surface area contributed by atoms with E-state index in [-0.39, 0.29) is 23.1 Å². The van der Waals surface area contributed by atoms with Gasteiger partial charge in [0.1, 0.15) is 12.2 Å². The average Bonchev–Trinajstić information content (AvgIpc) is 3.40. The van der Waals surface area contributed by atoms with Crippen LogP contribution in [-0.2, 0) is 13.0 Å². The van der Waals surface area contributed by atoms with Crippen molar-refractivity contribution in [3.63, 3.8) is 0 Å². The van der Waals surface area contributed by atoms with Gasteiger partial charge in [0.25, 0.3) is 5.56 Å². The predicted octanol–water partition coefficient (Wildman–Crippen LogP) is 6.03. The molecule has 2 aliphatic rings. The molecule has 1 unspecified atom stereocenters. The minimum absolute atomic E-state index is 0.0546. The summed E-state index contributed by atoms with van der Waals surface area (Å²) in [7, 11) is 2.14. The number of likely N-dealkylation sites (tertiary alicyclic amines) is 1. The second-order valence-electron chi connectivity index (χ2n) is 12.1. The maximum Gasteiger partial charge on any atom is 0.406 e. The SMILES string of the molecule is Cc1ccc(-c2cc3cnc(Nc4ccc(CC5CCN(C)C5)cc4)nc3n(CC(F)(F)F)c2=O)c(C2CCNCC2)c1. The number of rotatable bonds is 7. The summed E-state index contributed by atoms with van der Waals surface area (Å²) in [4.78, 5) is 25.0. The van der Waals surface area contributed by atoms with Gasteiger partial charge in [-0.2, -0.15) is 18.2 Å². The molecule has 2 fully saturated rings. The van der Waals surface area contributed by atoms with E-state index in [1.165, 1.54) is 18.2 Å². The third kappa shape index (κ3) is 6.75. The molecule has 0 radical (unpaired) electrons. The molecule has 4 heterocycles. The summed E-state index contributed by atoms with van der Waals surface area (Å²) in [5.41, 5.74) is 4.14. The zero-order valence-electron chi connectivity index (χ0n) is 24.5. The van der Waals surface area contributed by atoms with Gasteiger partial charge in [-0.05, 0) is 106 Å². The first kappa shape index (κ1) is 29.3. The largest absolute Gasteiger partial charge is 0.406 e. The summed E-state index contributed by atoms with van der Waals surface area (Å²) in [6, 6.07) is 15.4. The van der Waals surface area contributed by atoms with Crippen molar-refractivity contribution in [2.45, 2.75) is 51.2 Å². The summed E-state index contributed by atoms with van der Waals surface area (Å²) < 4.78 is 42.2. The molecule has 0 bridgehead atoms. The van der Waals surface area contributed by atoms with Crippen LogP contribution in [0.4, 0.5) is 24.8 Å². The van der Waals surface area contributed by atoms with E-state index in [4.69, 9.17) is 0 Å². The van der Waals surface area contributed by atoms with E-state index in [0.717, 1.165) is 66.8 Å². The molecule has 43 heavy (non-hydrogen) atoms. The van der Waals surface area contributed by atoms with Crippen LogP contribution in [0.5, 0.6) is 0 Å². The molecule has 2 N–H and O–H groups in total. The summed E-state index contributed by atoms with van der Waals surface area (Å²) in [6.45, 7) is 4.48. The molecule has 0 spiro atoms. The van der Waals surface area contributed by atoms with Crippen molar-refractivity contribution in [2.24, 2.45) is 5.92 Å². The highest BCUT2D eigenvalue weighted by Crippen LogP contribution is 2.35. The van der Waals surface area contributed by atoms with Crippen molar-refractivity contribution >= 4 is 22.7 Å². The number of nitrogens with one attached hydrogen (secondary N) is 2. The molecule has 2 aromatic heterocycles. The fourth-order valence-corrected chi connectivity index (χ4v) is 6.52. The van der Waals surface area contributed by atoms with Gasteiger partial charge in [-0.3, -0.25) is 9.36 Å². The normalized spacial score (nSPS) is 18.4. The van der Waals surface area contributed by atoms with Crippen LogP contribution in [0.2, 0.25) is 0 Å². The number of alkyl halides is 3. The van der Waals surface area contributed by atoms with Gasteiger partial charge in [-0.15, -0.1) is 0 Å². The number of fused-ring (bicyclic) bond motifs is 1. The van der Waals surface area contributed by atoms with Crippen molar-refractivity contribution in [3.8, 4) is 11.1 Å². The van der Waals surface area contributed by atoms with E-state index in [1.54, 1.807) is 6.07 Å². The van der Waals surface area contributed by atoms with Gasteiger partial charge < -0.3 is 15.5 Å². The van der Waals surface area contributed by atoms with Crippen LogP contribution in [0.3, 0.4) is 0 Å². The summed E-state index contributed by atoms with van der Waals surface area (Å²) in [5.74, 6) is 0.987. The van der Waals surface area contributed by atoms with Crippen molar-refractivity contribution in [1.82, 2.24) is 24.8 Å². The van der Waals surface area contributed by atoms with Gasteiger partial charge >= 0.3 is 6.18 Å². The second kappa shape index (κ2) is 12.1. The van der Waals surface area contributed by atoms with E-state index >= 15 is 0 Å². The Labute approximate surface area is 249 Å². The third-order valence-corrected chi connectivity index (χ3v) is 8.66. The Bertz CT molecular complexity index is 1660. The van der Waals surface area contributed by atoms with E-state index in [9.17, 15) is 18.0 Å². The van der Waals surface area contributed by atoms with Crippen LogP contribution in [0.1, 0.15) is 41.9 Å². The molecule has 2 saturated heterocycles. The number of nitrogens with zero attached hydrogens (tertiary/aromatic N) is 4. The van der Waals surface area contributed by atoms with Crippen LogP contribution < -0.4 is 16.2 Å². The minimum Gasteiger partial charge on any atom is -0.324 e. The standard InChI is InChI=1S/C33H37F3N6O/c1-21-3-8-27(28(15-21)24-9-12-37-13-10-24)29-17-25-18-38-32(40-30(25)42(31(29)43)20-33(34,35)36)39-26-6-4-22(5-7-26)16-23-11-14-41(2)19-23/h3-8,15,17-18,23-24,37H,9-14,16,19-20H2,1-2H3,(H,38,39,40). The molecule has 10 heteroatoms. The minimum atomic E-state index is -4.61. The van der Waals surface area contributed by atoms with E-state index in [0.29, 0.717) is 16.9 Å². The molecule has 0 saturated carbocycles. The zero-order valence-corrected chi connectivity index (χ0v) is 24.5. The Morgan fingerprint density at radius 1 is 1.02 bits per heavy atom. The molecule has 0 aliphatic carbocycles. The first-order valence-electron chi connectivity index (χ1n) is 15.0. The molecule has 1 atom stereocenters. The van der Waals surface area contributed by atoms with Crippen molar-refractivity contribution in [2.75, 3.05) is 38.5 Å². The summed E-state index contributed by atoms with van der Waals surface area (Å²) >= 11 is 0. The van der Waals surface area contributed by atoms with E-state index in [2.05, 4.69) is 50.7 Å². The number of aromatic nitrogens is 3. The highest BCUT2D eigenvalue weighted by atomic mass is 19.4. The highest BCUT2D eigenvalue weighted by molar-refractivity contribution is 5.83. The van der Waals surface area contributed by atoms with Gasteiger partial charge in [0.15, 0.2) is 0 Å². The number of hydrogen-bond donors (Lipinski definition) is 2. The van der Waals surface area contributed by atoms with Crippen LogP contribution in [0.25, 0.3) is 22.2 Å². The van der Waals surface area contributed by atoms with E-state index < -0.39 is 18.3 Å². The average molecular weight is 591 g/mol. The van der Waals surface area contributed by atoms with Crippen molar-refractivity contribution in [1.29, 1.82) is 0 Å². The second-order valence-corrected chi connectivity index (χ2v) is 12.1. The molecule has 226 valence electrons. The zero-order chi connectivity index (χ0) is 30.1. The van der Waals surface area contributed by atoms with Crippen molar-refractivity contribution in [3.05, 3.63) is 81.8 Å². The van der Waals surface area contributed by atoms with Gasteiger partial charge in [0.05, 0.1) is 0 Å². The Balaban J connectivity index is 1.35. The quantitative estimate of drug-likeness (QED) is 0.274. The highest BCUT2D eigenvalue weighted by Gasteiger charge is 2.31. The molecule has 7 nitrogen and oxygen atoms in total. The number of pyridine rings is 1. The van der Waals surface area contributed by atoms with Crippen LogP contribution in [0, 0.1) is 12.8 Å². The number of aryl methyl sites for hydroxylation is 1. The molecule has 2 aliphatic heterocycles. The lowest BCUT2D eigenvalue weighted by molar-refractivity contribution is -0.140. The van der Waals surface area contributed by atoms with Gasteiger partial charge in [-0.25, -0.2) is 4.98 Å². The first-order chi connectivity index (χ1) is 20.6. The number of hydrogen-bond acceptors (Lipinski definition) is 6. The summed E-state index contributed by atoms with van der Waals surface area (Å²) in [5, 5.41) is 6.83. The Kier molecular flexibility index (Phi) is 8.24. The first-order valence-corrected chi connectivity index (χ1v) is 15.0. The Morgan fingerprint density at radius 2 is 1.79 bits per heavy atom. The lowest BCUT2D eigenvalue weighted by Gasteiger charge is -2.26. The van der Waals surface area contributed by atoms with Crippen LogP contribution in [-0.4, -0.2) is 58.8 Å². The smallest absolute Gasteiger partial charge is 0.324 e. The number of halogens is 3. The molecular weight excluding hydrogens is 553 g/mol. The lowest BCUT2D eigenvalue weighted by atomic mass is 9.84. The fourth-order valence-electron chi connectivity index (χ4n) is 6.52. The Morgan fingerprint density at radius 3 is 2.49 bits per heavy atom. The molecule has 0 amide bonds. The lowest BCUT2D eigenvalue weighted by Crippen LogP contribution is -2.30. The fraction of sp³-hybridized carbons (Fsp3) is 0.424. The van der Waals surface area contributed by atoms with Gasteiger partial charge in [0, 0.05) is 29.4 Å². The molecule has 2 aromatic carbocycles. The maximum atomic E-state index is 13.8. The monoisotopic (exact) mass is 590 g/mol. The number of benzene rings is 2. The molecule has 4 aromatic rings. The molecule has 6 rings (SSSR count). The Hall–Kier alpha value is -3.76. The predicted molar refractivity (Wildman–Crippen MR) is 164 cm³/mol. The maximum absolute atomic E-state index is 13.8. The van der Waals surface area contributed by atoms with Crippen LogP contribution >= 0.6 is 0 Å².